The van der Waals surface area contributed by atoms with Gasteiger partial charge in [0.1, 0.15) is 5.15 Å². The first-order chi connectivity index (χ1) is 6.06. The van der Waals surface area contributed by atoms with Crippen LogP contribution in [-0.4, -0.2) is 16.7 Å². The first-order valence-corrected chi connectivity index (χ1v) is 4.05. The molecule has 0 spiro atoms. The second-order valence-electron chi connectivity index (χ2n) is 2.55. The van der Waals surface area contributed by atoms with Crippen LogP contribution >= 0.6 is 11.6 Å². The molecule has 0 radical (unpaired) electrons. The van der Waals surface area contributed by atoms with Crippen molar-refractivity contribution in [3.05, 3.63) is 29.0 Å². The SMILES string of the molecule is OCCC(F)(F)c1ccc(Cl)nc1. The number of hydrogen-bond donors (Lipinski definition) is 1. The van der Waals surface area contributed by atoms with Crippen molar-refractivity contribution in [2.75, 3.05) is 6.61 Å². The predicted octanol–water partition coefficient (Wildman–Crippen LogP) is 2.21. The van der Waals surface area contributed by atoms with Gasteiger partial charge in [0.05, 0.1) is 0 Å². The number of aliphatic hydroxyl groups excluding tert-OH is 1. The number of alkyl halides is 2. The van der Waals surface area contributed by atoms with E-state index in [2.05, 4.69) is 4.98 Å². The minimum absolute atomic E-state index is 0.170. The minimum atomic E-state index is -3.04. The molecule has 0 fully saturated rings. The molecular weight excluding hydrogens is 200 g/mol. The quantitative estimate of drug-likeness (QED) is 0.771. The summed E-state index contributed by atoms with van der Waals surface area (Å²) in [5.74, 6) is -3.04. The molecule has 13 heavy (non-hydrogen) atoms. The lowest BCUT2D eigenvalue weighted by Crippen LogP contribution is -2.15. The van der Waals surface area contributed by atoms with Crippen LogP contribution in [0, 0.1) is 0 Å². The Kier molecular flexibility index (Phi) is 3.17. The summed E-state index contributed by atoms with van der Waals surface area (Å²) in [6.45, 7) is -0.560. The Morgan fingerprint density at radius 1 is 1.46 bits per heavy atom. The zero-order valence-electron chi connectivity index (χ0n) is 6.67. The largest absolute Gasteiger partial charge is 0.396 e. The lowest BCUT2D eigenvalue weighted by Gasteiger charge is -2.14. The molecular formula is C8H8ClF2NO. The number of halogens is 3. The number of aliphatic hydroxyl groups is 1. The van der Waals surface area contributed by atoms with Crippen LogP contribution in [0.4, 0.5) is 8.78 Å². The molecule has 0 bridgehead atoms. The van der Waals surface area contributed by atoms with E-state index in [1.54, 1.807) is 0 Å². The Hall–Kier alpha value is -0.740. The molecule has 1 N–H and O–H groups in total. The van der Waals surface area contributed by atoms with Gasteiger partial charge in [-0.2, -0.15) is 0 Å². The fourth-order valence-corrected chi connectivity index (χ4v) is 0.989. The summed E-state index contributed by atoms with van der Waals surface area (Å²) in [6, 6.07) is 2.49. The zero-order valence-corrected chi connectivity index (χ0v) is 7.43. The summed E-state index contributed by atoms with van der Waals surface area (Å²) in [5, 5.41) is 8.56. The van der Waals surface area contributed by atoms with Gasteiger partial charge < -0.3 is 5.11 Å². The van der Waals surface area contributed by atoms with Crippen LogP contribution in [0.25, 0.3) is 0 Å². The van der Waals surface area contributed by atoms with Gasteiger partial charge in [-0.05, 0) is 12.1 Å². The van der Waals surface area contributed by atoms with E-state index in [-0.39, 0.29) is 10.7 Å². The number of pyridine rings is 1. The molecule has 1 aromatic rings. The Labute approximate surface area is 79.2 Å². The van der Waals surface area contributed by atoms with Gasteiger partial charge in [-0.3, -0.25) is 0 Å². The van der Waals surface area contributed by atoms with E-state index in [0.717, 1.165) is 6.20 Å². The average molecular weight is 208 g/mol. The van der Waals surface area contributed by atoms with Crippen LogP contribution in [0.2, 0.25) is 5.15 Å². The van der Waals surface area contributed by atoms with Crippen LogP contribution < -0.4 is 0 Å². The Morgan fingerprint density at radius 3 is 2.62 bits per heavy atom. The maximum Gasteiger partial charge on any atom is 0.276 e. The van der Waals surface area contributed by atoms with Crippen molar-refractivity contribution in [3.63, 3.8) is 0 Å². The van der Waals surface area contributed by atoms with Crippen LogP contribution in [0.15, 0.2) is 18.3 Å². The molecule has 0 aromatic carbocycles. The molecule has 0 saturated carbocycles. The van der Waals surface area contributed by atoms with E-state index < -0.39 is 19.0 Å². The second kappa shape index (κ2) is 3.98. The Morgan fingerprint density at radius 2 is 2.15 bits per heavy atom. The summed E-state index contributed by atoms with van der Waals surface area (Å²) < 4.78 is 26.1. The number of hydrogen-bond acceptors (Lipinski definition) is 2. The molecule has 0 aliphatic carbocycles. The van der Waals surface area contributed by atoms with E-state index in [0.29, 0.717) is 0 Å². The van der Waals surface area contributed by atoms with E-state index in [9.17, 15) is 8.78 Å². The molecule has 0 saturated heterocycles. The first kappa shape index (κ1) is 10.3. The van der Waals surface area contributed by atoms with Crippen molar-refractivity contribution in [2.24, 2.45) is 0 Å². The summed E-state index contributed by atoms with van der Waals surface area (Å²) in [7, 11) is 0. The highest BCUT2D eigenvalue weighted by Crippen LogP contribution is 2.30. The van der Waals surface area contributed by atoms with Crippen LogP contribution in [0.3, 0.4) is 0 Å². The summed E-state index contributed by atoms with van der Waals surface area (Å²) >= 11 is 5.43. The van der Waals surface area contributed by atoms with Crippen molar-refractivity contribution in [1.29, 1.82) is 0 Å². The normalized spacial score (nSPS) is 11.7. The molecule has 1 aromatic heterocycles. The van der Waals surface area contributed by atoms with Gasteiger partial charge >= 0.3 is 0 Å². The van der Waals surface area contributed by atoms with Crippen molar-refractivity contribution in [3.8, 4) is 0 Å². The average Bonchev–Trinajstić information content (AvgIpc) is 2.05. The van der Waals surface area contributed by atoms with Gasteiger partial charge in [0.25, 0.3) is 5.92 Å². The Bertz CT molecular complexity index is 276. The van der Waals surface area contributed by atoms with Gasteiger partial charge in [-0.1, -0.05) is 11.6 Å². The molecule has 2 nitrogen and oxygen atoms in total. The van der Waals surface area contributed by atoms with Gasteiger partial charge in [0.2, 0.25) is 0 Å². The van der Waals surface area contributed by atoms with Crippen LogP contribution in [-0.2, 0) is 5.92 Å². The Balaban J connectivity index is 2.87. The maximum absolute atomic E-state index is 13.0. The smallest absolute Gasteiger partial charge is 0.276 e. The molecule has 1 heterocycles. The van der Waals surface area contributed by atoms with E-state index in [1.165, 1.54) is 12.1 Å². The van der Waals surface area contributed by atoms with Crippen LogP contribution in [0.5, 0.6) is 0 Å². The van der Waals surface area contributed by atoms with E-state index in [4.69, 9.17) is 16.7 Å². The zero-order chi connectivity index (χ0) is 9.90. The third kappa shape index (κ3) is 2.60. The molecule has 0 amide bonds. The monoisotopic (exact) mass is 207 g/mol. The topological polar surface area (TPSA) is 33.1 Å². The molecule has 5 heteroatoms. The van der Waals surface area contributed by atoms with Crippen molar-refractivity contribution >= 4 is 11.6 Å². The third-order valence-electron chi connectivity index (χ3n) is 1.58. The van der Waals surface area contributed by atoms with Gasteiger partial charge in [-0.25, -0.2) is 13.8 Å². The van der Waals surface area contributed by atoms with E-state index in [1.807, 2.05) is 0 Å². The molecule has 72 valence electrons. The number of rotatable bonds is 3. The third-order valence-corrected chi connectivity index (χ3v) is 1.80. The lowest BCUT2D eigenvalue weighted by molar-refractivity contribution is -0.0272. The van der Waals surface area contributed by atoms with Crippen LogP contribution in [0.1, 0.15) is 12.0 Å². The summed E-state index contributed by atoms with van der Waals surface area (Å²) in [4.78, 5) is 3.53. The standard InChI is InChI=1S/C8H8ClF2NO/c9-7-2-1-6(5-12-7)8(10,11)3-4-13/h1-2,5,13H,3-4H2. The minimum Gasteiger partial charge on any atom is -0.396 e. The van der Waals surface area contributed by atoms with Crippen molar-refractivity contribution < 1.29 is 13.9 Å². The fourth-order valence-electron chi connectivity index (χ4n) is 0.877. The molecule has 0 atom stereocenters. The molecule has 0 unspecified atom stereocenters. The summed E-state index contributed by atoms with van der Waals surface area (Å²) in [5.41, 5.74) is -0.231. The second-order valence-corrected chi connectivity index (χ2v) is 2.93. The highest BCUT2D eigenvalue weighted by atomic mass is 35.5. The van der Waals surface area contributed by atoms with E-state index >= 15 is 0 Å². The van der Waals surface area contributed by atoms with Gasteiger partial charge in [-0.15, -0.1) is 0 Å². The predicted molar refractivity (Wildman–Crippen MR) is 44.8 cm³/mol. The fraction of sp³-hybridized carbons (Fsp3) is 0.375. The van der Waals surface area contributed by atoms with Crippen molar-refractivity contribution in [1.82, 2.24) is 4.98 Å². The van der Waals surface area contributed by atoms with Crippen molar-refractivity contribution in [2.45, 2.75) is 12.3 Å². The molecule has 0 aliphatic rings. The number of aromatic nitrogens is 1. The highest BCUT2D eigenvalue weighted by Gasteiger charge is 2.30. The first-order valence-electron chi connectivity index (χ1n) is 3.67. The highest BCUT2D eigenvalue weighted by molar-refractivity contribution is 6.29. The maximum atomic E-state index is 13.0. The molecule has 1 rings (SSSR count). The number of nitrogens with zero attached hydrogens (tertiary/aromatic N) is 1. The van der Waals surface area contributed by atoms with Gasteiger partial charge in [0.15, 0.2) is 0 Å². The lowest BCUT2D eigenvalue weighted by atomic mass is 10.1. The molecule has 0 aliphatic heterocycles. The summed E-state index contributed by atoms with van der Waals surface area (Å²) in [6.07, 6.45) is 0.411. The van der Waals surface area contributed by atoms with Gasteiger partial charge in [0, 0.05) is 24.8 Å².